The van der Waals surface area contributed by atoms with Gasteiger partial charge in [0.05, 0.1) is 31.1 Å². The molecule has 7 nitrogen and oxygen atoms in total. The molecule has 1 atom stereocenters. The molecule has 0 aromatic carbocycles. The van der Waals surface area contributed by atoms with Crippen molar-refractivity contribution in [3.63, 3.8) is 0 Å². The Morgan fingerprint density at radius 1 is 1.38 bits per heavy atom. The van der Waals surface area contributed by atoms with Gasteiger partial charge in [0.2, 0.25) is 0 Å². The molecule has 0 spiro atoms. The number of fused-ring (bicyclic) bond motifs is 1. The molecule has 2 aliphatic heterocycles. The highest BCUT2D eigenvalue weighted by atomic mass is 16.5. The van der Waals surface area contributed by atoms with E-state index in [-0.39, 0.29) is 5.56 Å². The van der Waals surface area contributed by atoms with Crippen LogP contribution in [-0.2, 0) is 30.9 Å². The predicted molar refractivity (Wildman–Crippen MR) is 95.9 cm³/mol. The molecule has 2 aliphatic rings. The van der Waals surface area contributed by atoms with Crippen LogP contribution < -0.4 is 5.56 Å². The molecule has 26 heavy (non-hydrogen) atoms. The highest BCUT2D eigenvalue weighted by Gasteiger charge is 2.28. The van der Waals surface area contributed by atoms with Crippen molar-refractivity contribution in [1.82, 2.24) is 19.7 Å². The maximum absolute atomic E-state index is 12.4. The van der Waals surface area contributed by atoms with E-state index in [2.05, 4.69) is 28.8 Å². The summed E-state index contributed by atoms with van der Waals surface area (Å²) in [5.41, 5.74) is 2.91. The molecule has 0 N–H and O–H groups in total. The Balaban J connectivity index is 1.51. The van der Waals surface area contributed by atoms with E-state index in [4.69, 9.17) is 9.15 Å². The number of hydrogen-bond donors (Lipinski definition) is 0. The van der Waals surface area contributed by atoms with E-state index >= 15 is 0 Å². The first kappa shape index (κ1) is 17.4. The second-order valence-corrected chi connectivity index (χ2v) is 7.52. The second kappa shape index (κ2) is 7.32. The number of ether oxygens (including phenoxy) is 1. The Bertz CT molecular complexity index is 826. The van der Waals surface area contributed by atoms with Gasteiger partial charge in [0.1, 0.15) is 5.76 Å². The Kier molecular flexibility index (Phi) is 4.91. The summed E-state index contributed by atoms with van der Waals surface area (Å²) < 4.78 is 12.6. The maximum atomic E-state index is 12.4. The molecule has 0 radical (unpaired) electrons. The minimum Gasteiger partial charge on any atom is -0.448 e. The molecule has 0 bridgehead atoms. The third-order valence-electron chi connectivity index (χ3n) is 5.34. The largest absolute Gasteiger partial charge is 0.448 e. The van der Waals surface area contributed by atoms with Gasteiger partial charge < -0.3 is 9.15 Å². The molecule has 7 heteroatoms. The Hall–Kier alpha value is -1.99. The lowest BCUT2D eigenvalue weighted by atomic mass is 10.1. The van der Waals surface area contributed by atoms with Gasteiger partial charge in [-0.3, -0.25) is 9.69 Å². The van der Waals surface area contributed by atoms with Crippen molar-refractivity contribution in [3.8, 4) is 0 Å². The van der Waals surface area contributed by atoms with Crippen LogP contribution in [0.4, 0.5) is 0 Å². The van der Waals surface area contributed by atoms with Crippen LogP contribution in [0.1, 0.15) is 55.3 Å². The molecule has 0 aliphatic carbocycles. The molecule has 1 unspecified atom stereocenters. The van der Waals surface area contributed by atoms with E-state index in [1.807, 2.05) is 0 Å². The quantitative estimate of drug-likeness (QED) is 0.815. The summed E-state index contributed by atoms with van der Waals surface area (Å²) in [7, 11) is 0. The lowest BCUT2D eigenvalue weighted by Crippen LogP contribution is -2.38. The Morgan fingerprint density at radius 3 is 3.12 bits per heavy atom. The summed E-state index contributed by atoms with van der Waals surface area (Å²) in [6, 6.07) is 1.99. The fraction of sp³-hybridized carbons (Fsp3) is 0.632. The standard InChI is InChI=1S/C19H26N4O3/c1-13(2)19-17(20-12-26-19)10-22-6-3-4-15(22)9-23-18(24)8-14-11-25-7-5-16(14)21-23/h8,12-13,15H,3-7,9-11H2,1-2H3. The number of oxazole rings is 1. The van der Waals surface area contributed by atoms with Crippen LogP contribution in [0.15, 0.2) is 21.7 Å². The van der Waals surface area contributed by atoms with Crippen molar-refractivity contribution in [2.45, 2.75) is 64.8 Å². The number of hydrogen-bond acceptors (Lipinski definition) is 6. The maximum Gasteiger partial charge on any atom is 0.267 e. The van der Waals surface area contributed by atoms with Crippen LogP contribution in [-0.4, -0.2) is 38.9 Å². The van der Waals surface area contributed by atoms with E-state index in [0.717, 1.165) is 55.1 Å². The lowest BCUT2D eigenvalue weighted by Gasteiger charge is -2.25. The van der Waals surface area contributed by atoms with Crippen molar-refractivity contribution >= 4 is 0 Å². The first-order valence-corrected chi connectivity index (χ1v) is 9.46. The summed E-state index contributed by atoms with van der Waals surface area (Å²) in [4.78, 5) is 19.3. The normalized spacial score (nSPS) is 20.7. The summed E-state index contributed by atoms with van der Waals surface area (Å²) >= 11 is 0. The molecular weight excluding hydrogens is 332 g/mol. The number of rotatable bonds is 5. The van der Waals surface area contributed by atoms with Gasteiger partial charge in [-0.15, -0.1) is 0 Å². The predicted octanol–water partition coefficient (Wildman–Crippen LogP) is 2.09. The molecule has 2 aromatic heterocycles. The minimum atomic E-state index is -0.0367. The van der Waals surface area contributed by atoms with Gasteiger partial charge in [-0.25, -0.2) is 9.67 Å². The van der Waals surface area contributed by atoms with E-state index in [1.54, 1.807) is 10.7 Å². The van der Waals surface area contributed by atoms with Gasteiger partial charge in [-0.05, 0) is 19.4 Å². The molecule has 2 aromatic rings. The zero-order chi connectivity index (χ0) is 18.1. The van der Waals surface area contributed by atoms with Crippen molar-refractivity contribution in [3.05, 3.63) is 45.5 Å². The summed E-state index contributed by atoms with van der Waals surface area (Å²) in [5.74, 6) is 1.28. The third kappa shape index (κ3) is 3.46. The average Bonchev–Trinajstić information content (AvgIpc) is 3.26. The molecule has 140 valence electrons. The van der Waals surface area contributed by atoms with E-state index in [9.17, 15) is 4.79 Å². The smallest absolute Gasteiger partial charge is 0.267 e. The van der Waals surface area contributed by atoms with E-state index < -0.39 is 0 Å². The molecule has 0 saturated carbocycles. The molecule has 1 fully saturated rings. The zero-order valence-corrected chi connectivity index (χ0v) is 15.5. The molecule has 4 rings (SSSR count). The van der Waals surface area contributed by atoms with E-state index in [1.165, 1.54) is 6.39 Å². The summed E-state index contributed by atoms with van der Waals surface area (Å²) in [5, 5.41) is 4.62. The highest BCUT2D eigenvalue weighted by Crippen LogP contribution is 2.25. The van der Waals surface area contributed by atoms with Gasteiger partial charge in [0, 0.05) is 36.6 Å². The van der Waals surface area contributed by atoms with E-state index in [0.29, 0.717) is 31.7 Å². The second-order valence-electron chi connectivity index (χ2n) is 7.52. The van der Waals surface area contributed by atoms with Gasteiger partial charge in [0.15, 0.2) is 6.39 Å². The van der Waals surface area contributed by atoms with Gasteiger partial charge in [-0.2, -0.15) is 5.10 Å². The van der Waals surface area contributed by atoms with Crippen molar-refractivity contribution < 1.29 is 9.15 Å². The van der Waals surface area contributed by atoms with Crippen molar-refractivity contribution in [2.24, 2.45) is 0 Å². The van der Waals surface area contributed by atoms with Crippen LogP contribution in [0.25, 0.3) is 0 Å². The summed E-state index contributed by atoms with van der Waals surface area (Å²) in [6.07, 6.45) is 4.52. The number of likely N-dealkylation sites (tertiary alicyclic amines) is 1. The van der Waals surface area contributed by atoms with Crippen LogP contribution in [0.5, 0.6) is 0 Å². The molecule has 1 saturated heterocycles. The minimum absolute atomic E-state index is 0.0367. The van der Waals surface area contributed by atoms with Crippen LogP contribution in [0.2, 0.25) is 0 Å². The first-order valence-electron chi connectivity index (χ1n) is 9.46. The fourth-order valence-electron chi connectivity index (χ4n) is 3.95. The molecule has 4 heterocycles. The molecular formula is C19H26N4O3. The van der Waals surface area contributed by atoms with Crippen molar-refractivity contribution in [2.75, 3.05) is 13.2 Å². The topological polar surface area (TPSA) is 73.4 Å². The lowest BCUT2D eigenvalue weighted by molar-refractivity contribution is 0.107. The SMILES string of the molecule is CC(C)c1ocnc1CN1CCCC1Cn1nc2c(cc1=O)COCC2. The number of nitrogens with zero attached hydrogens (tertiary/aromatic N) is 4. The Morgan fingerprint density at radius 2 is 2.27 bits per heavy atom. The van der Waals surface area contributed by atoms with Crippen LogP contribution in [0.3, 0.4) is 0 Å². The van der Waals surface area contributed by atoms with Crippen molar-refractivity contribution in [1.29, 1.82) is 0 Å². The summed E-state index contributed by atoms with van der Waals surface area (Å²) in [6.45, 7) is 7.82. The zero-order valence-electron chi connectivity index (χ0n) is 15.5. The highest BCUT2D eigenvalue weighted by molar-refractivity contribution is 5.18. The van der Waals surface area contributed by atoms with Crippen LogP contribution >= 0.6 is 0 Å². The Labute approximate surface area is 153 Å². The van der Waals surface area contributed by atoms with Gasteiger partial charge in [-0.1, -0.05) is 13.8 Å². The van der Waals surface area contributed by atoms with Gasteiger partial charge in [0.25, 0.3) is 5.56 Å². The third-order valence-corrected chi connectivity index (χ3v) is 5.34. The number of aromatic nitrogens is 3. The average molecular weight is 358 g/mol. The molecule has 0 amide bonds. The fourth-order valence-corrected chi connectivity index (χ4v) is 3.95. The first-order chi connectivity index (χ1) is 12.6. The van der Waals surface area contributed by atoms with Gasteiger partial charge >= 0.3 is 0 Å². The monoisotopic (exact) mass is 358 g/mol. The van der Waals surface area contributed by atoms with Crippen LogP contribution in [0, 0.1) is 0 Å².